The van der Waals surface area contributed by atoms with Crippen molar-refractivity contribution in [3.8, 4) is 11.5 Å². The fourth-order valence-corrected chi connectivity index (χ4v) is 2.99. The topological polar surface area (TPSA) is 67.9 Å². The van der Waals surface area contributed by atoms with Crippen molar-refractivity contribution in [3.05, 3.63) is 59.1 Å². The van der Waals surface area contributed by atoms with Crippen LogP contribution in [0.1, 0.15) is 12.5 Å². The van der Waals surface area contributed by atoms with Crippen molar-refractivity contribution in [3.63, 3.8) is 0 Å². The maximum atomic E-state index is 12.8. The number of carbonyl (C=O) groups is 2. The van der Waals surface area contributed by atoms with Crippen molar-refractivity contribution in [2.75, 3.05) is 20.3 Å². The number of hydrogen-bond acceptors (Lipinski definition) is 4. The SMILES string of the molecule is COc1ccccc1OCCN1C(=O)NC(C)(c2ccc(Cl)cc2)C1=O. The zero-order valence-electron chi connectivity index (χ0n) is 14.5. The van der Waals surface area contributed by atoms with Gasteiger partial charge in [0.15, 0.2) is 11.5 Å². The van der Waals surface area contributed by atoms with Gasteiger partial charge in [0.1, 0.15) is 12.1 Å². The van der Waals surface area contributed by atoms with E-state index in [1.165, 1.54) is 0 Å². The number of urea groups is 1. The number of methoxy groups -OCH3 is 1. The lowest BCUT2D eigenvalue weighted by molar-refractivity contribution is -0.131. The normalized spacial score (nSPS) is 19.4. The second kappa shape index (κ2) is 7.25. The van der Waals surface area contributed by atoms with Crippen LogP contribution >= 0.6 is 11.6 Å². The molecule has 0 bridgehead atoms. The molecule has 1 heterocycles. The Balaban J connectivity index is 1.68. The number of carbonyl (C=O) groups excluding carboxylic acids is 2. The van der Waals surface area contributed by atoms with Gasteiger partial charge in [0, 0.05) is 5.02 Å². The van der Waals surface area contributed by atoms with E-state index in [2.05, 4.69) is 5.32 Å². The summed E-state index contributed by atoms with van der Waals surface area (Å²) in [5, 5.41) is 3.32. The van der Waals surface area contributed by atoms with E-state index in [1.54, 1.807) is 50.4 Å². The van der Waals surface area contributed by atoms with Crippen molar-refractivity contribution in [2.24, 2.45) is 0 Å². The number of benzene rings is 2. The number of rotatable bonds is 6. The molecule has 1 unspecified atom stereocenters. The number of hydrogen-bond donors (Lipinski definition) is 1. The van der Waals surface area contributed by atoms with E-state index < -0.39 is 11.6 Å². The second-order valence-electron chi connectivity index (χ2n) is 6.02. The van der Waals surface area contributed by atoms with Crippen LogP contribution in [0.2, 0.25) is 5.02 Å². The number of ether oxygens (including phenoxy) is 2. The Morgan fingerprint density at radius 3 is 2.38 bits per heavy atom. The molecule has 0 spiro atoms. The highest BCUT2D eigenvalue weighted by Crippen LogP contribution is 2.30. The minimum atomic E-state index is -1.12. The summed E-state index contributed by atoms with van der Waals surface area (Å²) < 4.78 is 10.9. The predicted octanol–water partition coefficient (Wildman–Crippen LogP) is 3.19. The van der Waals surface area contributed by atoms with E-state index in [1.807, 2.05) is 12.1 Å². The number of nitrogens with zero attached hydrogens (tertiary/aromatic N) is 1. The van der Waals surface area contributed by atoms with Gasteiger partial charge in [0.25, 0.3) is 5.91 Å². The van der Waals surface area contributed by atoms with Crippen LogP contribution in [0.15, 0.2) is 48.5 Å². The molecule has 0 aromatic heterocycles. The highest BCUT2D eigenvalue weighted by molar-refractivity contribution is 6.30. The lowest BCUT2D eigenvalue weighted by Crippen LogP contribution is -2.41. The molecule has 3 amide bonds. The molecule has 3 rings (SSSR count). The van der Waals surface area contributed by atoms with Crippen molar-refractivity contribution in [2.45, 2.75) is 12.5 Å². The van der Waals surface area contributed by atoms with E-state index in [4.69, 9.17) is 21.1 Å². The first kappa shape index (κ1) is 18.1. The lowest BCUT2D eigenvalue weighted by atomic mass is 9.92. The summed E-state index contributed by atoms with van der Waals surface area (Å²) in [7, 11) is 1.55. The maximum absolute atomic E-state index is 12.8. The maximum Gasteiger partial charge on any atom is 0.325 e. The highest BCUT2D eigenvalue weighted by Gasteiger charge is 2.48. The third-order valence-corrected chi connectivity index (χ3v) is 4.59. The van der Waals surface area contributed by atoms with Gasteiger partial charge in [-0.25, -0.2) is 4.79 Å². The number of amides is 3. The monoisotopic (exact) mass is 374 g/mol. The van der Waals surface area contributed by atoms with Crippen LogP contribution in [-0.4, -0.2) is 37.1 Å². The predicted molar refractivity (Wildman–Crippen MR) is 97.5 cm³/mol. The minimum absolute atomic E-state index is 0.131. The van der Waals surface area contributed by atoms with Crippen LogP contribution in [0.5, 0.6) is 11.5 Å². The van der Waals surface area contributed by atoms with E-state index in [9.17, 15) is 9.59 Å². The summed E-state index contributed by atoms with van der Waals surface area (Å²) in [6.07, 6.45) is 0. The Morgan fingerprint density at radius 1 is 1.08 bits per heavy atom. The van der Waals surface area contributed by atoms with Gasteiger partial charge < -0.3 is 14.8 Å². The summed E-state index contributed by atoms with van der Waals surface area (Å²) in [5.74, 6) is 0.826. The molecule has 1 aliphatic rings. The molecule has 0 aliphatic carbocycles. The van der Waals surface area contributed by atoms with Crippen LogP contribution in [0.4, 0.5) is 4.79 Å². The molecule has 26 heavy (non-hydrogen) atoms. The molecule has 0 saturated carbocycles. The number of para-hydroxylation sites is 2. The third-order valence-electron chi connectivity index (χ3n) is 4.34. The fourth-order valence-electron chi connectivity index (χ4n) is 2.86. The van der Waals surface area contributed by atoms with Crippen molar-refractivity contribution in [1.29, 1.82) is 0 Å². The first-order valence-electron chi connectivity index (χ1n) is 8.11. The molecule has 2 aromatic rings. The van der Waals surface area contributed by atoms with Gasteiger partial charge in [-0.2, -0.15) is 0 Å². The summed E-state index contributed by atoms with van der Waals surface area (Å²) >= 11 is 5.90. The third kappa shape index (κ3) is 3.32. The molecule has 6 nitrogen and oxygen atoms in total. The van der Waals surface area contributed by atoms with Crippen molar-refractivity contribution < 1.29 is 19.1 Å². The van der Waals surface area contributed by atoms with Crippen LogP contribution in [0.25, 0.3) is 0 Å². The molecule has 0 radical (unpaired) electrons. The molecule has 1 fully saturated rings. The zero-order valence-corrected chi connectivity index (χ0v) is 15.2. The fraction of sp³-hybridized carbons (Fsp3) is 0.263. The standard InChI is InChI=1S/C19H19ClN2O4/c1-19(13-7-9-14(20)10-8-13)17(23)22(18(24)21-19)11-12-26-16-6-4-3-5-15(16)25-2/h3-10H,11-12H2,1-2H3,(H,21,24). The summed E-state index contributed by atoms with van der Waals surface area (Å²) in [4.78, 5) is 26.3. The minimum Gasteiger partial charge on any atom is -0.493 e. The van der Waals surface area contributed by atoms with Gasteiger partial charge >= 0.3 is 6.03 Å². The van der Waals surface area contributed by atoms with E-state index in [-0.39, 0.29) is 19.1 Å². The van der Waals surface area contributed by atoms with Gasteiger partial charge in [-0.15, -0.1) is 0 Å². The van der Waals surface area contributed by atoms with Gasteiger partial charge in [0.2, 0.25) is 0 Å². The molecule has 1 atom stereocenters. The Morgan fingerprint density at radius 2 is 1.73 bits per heavy atom. The zero-order chi connectivity index (χ0) is 18.7. The van der Waals surface area contributed by atoms with E-state index in [0.717, 1.165) is 4.90 Å². The average Bonchev–Trinajstić information content (AvgIpc) is 2.86. The smallest absolute Gasteiger partial charge is 0.325 e. The van der Waals surface area contributed by atoms with Crippen LogP contribution < -0.4 is 14.8 Å². The summed E-state index contributed by atoms with van der Waals surface area (Å²) in [6.45, 7) is 1.97. The number of halogens is 1. The highest BCUT2D eigenvalue weighted by atomic mass is 35.5. The first-order valence-corrected chi connectivity index (χ1v) is 8.49. The van der Waals surface area contributed by atoms with Crippen molar-refractivity contribution >= 4 is 23.5 Å². The van der Waals surface area contributed by atoms with Gasteiger partial charge in [-0.1, -0.05) is 35.9 Å². The molecule has 1 aliphatic heterocycles. The average molecular weight is 375 g/mol. The van der Waals surface area contributed by atoms with Crippen LogP contribution in [0.3, 0.4) is 0 Å². The number of imide groups is 1. The molecular formula is C19H19ClN2O4. The Bertz CT molecular complexity index is 825. The largest absolute Gasteiger partial charge is 0.493 e. The summed E-state index contributed by atoms with van der Waals surface area (Å²) in [6, 6.07) is 13.6. The Hall–Kier alpha value is -2.73. The van der Waals surface area contributed by atoms with Crippen LogP contribution in [-0.2, 0) is 10.3 Å². The summed E-state index contributed by atoms with van der Waals surface area (Å²) in [5.41, 5.74) is -0.444. The Kier molecular flexibility index (Phi) is 5.04. The molecule has 7 heteroatoms. The molecular weight excluding hydrogens is 356 g/mol. The van der Waals surface area contributed by atoms with Crippen molar-refractivity contribution in [1.82, 2.24) is 10.2 Å². The molecule has 2 aromatic carbocycles. The van der Waals surface area contributed by atoms with Gasteiger partial charge in [-0.3, -0.25) is 9.69 Å². The molecule has 136 valence electrons. The molecule has 1 saturated heterocycles. The second-order valence-corrected chi connectivity index (χ2v) is 6.45. The first-order chi connectivity index (χ1) is 12.5. The van der Waals surface area contributed by atoms with Gasteiger partial charge in [-0.05, 0) is 36.8 Å². The van der Waals surface area contributed by atoms with E-state index in [0.29, 0.717) is 22.1 Å². The number of nitrogens with one attached hydrogen (secondary N) is 1. The molecule has 1 N–H and O–H groups in total. The van der Waals surface area contributed by atoms with Gasteiger partial charge in [0.05, 0.1) is 13.7 Å². The quantitative estimate of drug-likeness (QED) is 0.788. The Labute approximate surface area is 156 Å². The van der Waals surface area contributed by atoms with Crippen LogP contribution in [0, 0.1) is 0 Å². The van der Waals surface area contributed by atoms with E-state index >= 15 is 0 Å². The lowest BCUT2D eigenvalue weighted by Gasteiger charge is -2.22.